The van der Waals surface area contributed by atoms with Crippen molar-refractivity contribution < 1.29 is 19.1 Å². The molecule has 2 N–H and O–H groups in total. The lowest BCUT2D eigenvalue weighted by molar-refractivity contribution is 0.0819. The van der Waals surface area contributed by atoms with Crippen molar-refractivity contribution in [2.24, 2.45) is 0 Å². The number of nitrogens with one attached hydrogen (secondary N) is 2. The highest BCUT2D eigenvalue weighted by molar-refractivity contribution is 6.52. The predicted molar refractivity (Wildman–Crippen MR) is 98.4 cm³/mol. The molecule has 0 radical (unpaired) electrons. The van der Waals surface area contributed by atoms with E-state index in [1.165, 1.54) is 0 Å². The highest BCUT2D eigenvalue weighted by atomic mass is 16.5. The van der Waals surface area contributed by atoms with Crippen molar-refractivity contribution in [1.29, 1.82) is 0 Å². The summed E-state index contributed by atoms with van der Waals surface area (Å²) in [7, 11) is 3.11. The van der Waals surface area contributed by atoms with Gasteiger partial charge in [0.25, 0.3) is 0 Å². The lowest BCUT2D eigenvalue weighted by atomic mass is 10.0. The van der Waals surface area contributed by atoms with Crippen LogP contribution in [-0.4, -0.2) is 35.8 Å². The number of ether oxygens (including phenoxy) is 2. The highest BCUT2D eigenvalue weighted by Gasteiger charge is 2.24. The third-order valence-electron chi connectivity index (χ3n) is 4.47. The van der Waals surface area contributed by atoms with E-state index < -0.39 is 11.6 Å². The number of H-pyrrole nitrogens is 2. The normalized spacial score (nSPS) is 11.0. The van der Waals surface area contributed by atoms with Crippen LogP contribution < -0.4 is 9.47 Å². The van der Waals surface area contributed by atoms with Crippen LogP contribution >= 0.6 is 0 Å². The number of aromatic nitrogens is 2. The minimum absolute atomic E-state index is 0.321. The van der Waals surface area contributed by atoms with Gasteiger partial charge in [0.05, 0.1) is 25.3 Å². The van der Waals surface area contributed by atoms with Gasteiger partial charge in [-0.25, -0.2) is 0 Å². The SMILES string of the molecule is COc1ccc2[nH]cc(C(=O)C(=O)c3c[nH]c4ccc(OC)cc34)c2c1. The summed E-state index contributed by atoms with van der Waals surface area (Å²) < 4.78 is 10.4. The fraction of sp³-hybridized carbons (Fsp3) is 0.100. The van der Waals surface area contributed by atoms with Crippen LogP contribution in [0.3, 0.4) is 0 Å². The van der Waals surface area contributed by atoms with Crippen molar-refractivity contribution in [2.75, 3.05) is 14.2 Å². The lowest BCUT2D eigenvalue weighted by Crippen LogP contribution is -2.13. The molecule has 2 heterocycles. The van der Waals surface area contributed by atoms with Crippen molar-refractivity contribution in [1.82, 2.24) is 9.97 Å². The molecule has 2 aromatic heterocycles. The summed E-state index contributed by atoms with van der Waals surface area (Å²) in [5.41, 5.74) is 2.17. The average Bonchev–Trinajstić information content (AvgIpc) is 3.29. The Morgan fingerprint density at radius 1 is 0.731 bits per heavy atom. The summed E-state index contributed by atoms with van der Waals surface area (Å²) in [6.45, 7) is 0. The molecule has 26 heavy (non-hydrogen) atoms. The molecule has 6 nitrogen and oxygen atoms in total. The first-order chi connectivity index (χ1) is 12.6. The monoisotopic (exact) mass is 348 g/mol. The van der Waals surface area contributed by atoms with Crippen molar-refractivity contribution in [3.05, 3.63) is 59.9 Å². The van der Waals surface area contributed by atoms with Crippen LogP contribution in [0.5, 0.6) is 11.5 Å². The number of benzene rings is 2. The Bertz CT molecular complexity index is 1060. The van der Waals surface area contributed by atoms with Gasteiger partial charge in [0.15, 0.2) is 0 Å². The maximum atomic E-state index is 12.9. The molecule has 0 bridgehead atoms. The maximum absolute atomic E-state index is 12.9. The second-order valence-electron chi connectivity index (χ2n) is 5.89. The van der Waals surface area contributed by atoms with E-state index in [0.29, 0.717) is 33.4 Å². The minimum Gasteiger partial charge on any atom is -0.497 e. The molecule has 0 atom stereocenters. The zero-order chi connectivity index (χ0) is 18.3. The smallest absolute Gasteiger partial charge is 0.235 e. The van der Waals surface area contributed by atoms with Crippen LogP contribution in [0.15, 0.2) is 48.8 Å². The number of fused-ring (bicyclic) bond motifs is 2. The number of hydrogen-bond acceptors (Lipinski definition) is 4. The molecule has 0 spiro atoms. The molecular weight excluding hydrogens is 332 g/mol. The van der Waals surface area contributed by atoms with Crippen LogP contribution in [0.4, 0.5) is 0 Å². The number of Topliss-reactive ketones (excluding diaryl/α,β-unsaturated/α-hetero) is 2. The van der Waals surface area contributed by atoms with Crippen LogP contribution in [0.1, 0.15) is 20.7 Å². The summed E-state index contributed by atoms with van der Waals surface area (Å²) >= 11 is 0. The van der Waals surface area contributed by atoms with Gasteiger partial charge in [0, 0.05) is 34.2 Å². The van der Waals surface area contributed by atoms with Gasteiger partial charge < -0.3 is 19.4 Å². The summed E-state index contributed by atoms with van der Waals surface area (Å²) in [6.07, 6.45) is 3.11. The van der Waals surface area contributed by atoms with Crippen LogP contribution in [0.25, 0.3) is 21.8 Å². The van der Waals surface area contributed by atoms with Crippen molar-refractivity contribution in [3.8, 4) is 11.5 Å². The molecule has 0 saturated carbocycles. The summed E-state index contributed by atoms with van der Waals surface area (Å²) in [5, 5.41) is 1.31. The number of methoxy groups -OCH3 is 2. The molecule has 0 aliphatic rings. The fourth-order valence-electron chi connectivity index (χ4n) is 3.07. The number of aromatic amines is 2. The van der Waals surface area contributed by atoms with E-state index in [0.717, 1.165) is 11.0 Å². The molecule has 0 amide bonds. The van der Waals surface area contributed by atoms with E-state index >= 15 is 0 Å². The molecule has 0 unspecified atom stereocenters. The molecule has 4 rings (SSSR count). The zero-order valence-corrected chi connectivity index (χ0v) is 14.3. The summed E-state index contributed by atoms with van der Waals surface area (Å²) in [4.78, 5) is 31.8. The van der Waals surface area contributed by atoms with Gasteiger partial charge in [0.1, 0.15) is 11.5 Å². The number of carbonyl (C=O) groups excluding carboxylic acids is 2. The third kappa shape index (κ3) is 2.43. The molecule has 6 heteroatoms. The Morgan fingerprint density at radius 3 is 1.54 bits per heavy atom. The van der Waals surface area contributed by atoms with Gasteiger partial charge >= 0.3 is 0 Å². The fourth-order valence-corrected chi connectivity index (χ4v) is 3.07. The van der Waals surface area contributed by atoms with Crippen molar-refractivity contribution >= 4 is 33.4 Å². The first-order valence-corrected chi connectivity index (χ1v) is 8.01. The van der Waals surface area contributed by atoms with E-state index in [9.17, 15) is 9.59 Å². The van der Waals surface area contributed by atoms with Crippen LogP contribution in [0, 0.1) is 0 Å². The molecule has 2 aromatic carbocycles. The van der Waals surface area contributed by atoms with E-state index in [1.807, 2.05) is 12.1 Å². The van der Waals surface area contributed by atoms with Crippen molar-refractivity contribution in [2.45, 2.75) is 0 Å². The maximum Gasteiger partial charge on any atom is 0.235 e. The molecule has 4 aromatic rings. The number of rotatable bonds is 5. The first-order valence-electron chi connectivity index (χ1n) is 8.01. The Morgan fingerprint density at radius 2 is 1.15 bits per heavy atom. The molecule has 130 valence electrons. The van der Waals surface area contributed by atoms with Crippen LogP contribution in [-0.2, 0) is 0 Å². The Labute approximate surface area is 148 Å². The van der Waals surface area contributed by atoms with Gasteiger partial charge in [-0.1, -0.05) is 0 Å². The largest absolute Gasteiger partial charge is 0.497 e. The van der Waals surface area contributed by atoms with Gasteiger partial charge in [-0.2, -0.15) is 0 Å². The molecule has 0 saturated heterocycles. The average molecular weight is 348 g/mol. The van der Waals surface area contributed by atoms with Gasteiger partial charge in [0.2, 0.25) is 11.6 Å². The highest BCUT2D eigenvalue weighted by Crippen LogP contribution is 2.27. The zero-order valence-electron chi connectivity index (χ0n) is 14.3. The number of hydrogen-bond donors (Lipinski definition) is 2. The third-order valence-corrected chi connectivity index (χ3v) is 4.47. The molecular formula is C20H16N2O4. The standard InChI is InChI=1S/C20H16N2O4/c1-25-11-3-5-17-13(7-11)15(9-21-17)19(23)20(24)16-10-22-18-6-4-12(26-2)8-14(16)18/h3-10,21-22H,1-2H3. The Hall–Kier alpha value is -3.54. The summed E-state index contributed by atoms with van der Waals surface area (Å²) in [6, 6.07) is 10.7. The van der Waals surface area contributed by atoms with E-state index in [4.69, 9.17) is 9.47 Å². The molecule has 0 aliphatic heterocycles. The topological polar surface area (TPSA) is 84.2 Å². The van der Waals surface area contributed by atoms with Gasteiger partial charge in [-0.15, -0.1) is 0 Å². The lowest BCUT2D eigenvalue weighted by Gasteiger charge is -2.02. The predicted octanol–water partition coefficient (Wildman–Crippen LogP) is 3.73. The Kier molecular flexibility index (Phi) is 3.73. The van der Waals surface area contributed by atoms with E-state index in [1.54, 1.807) is 50.9 Å². The van der Waals surface area contributed by atoms with E-state index in [-0.39, 0.29) is 0 Å². The van der Waals surface area contributed by atoms with E-state index in [2.05, 4.69) is 9.97 Å². The first kappa shape index (κ1) is 16.0. The molecule has 0 fully saturated rings. The number of carbonyl (C=O) groups is 2. The quantitative estimate of drug-likeness (QED) is 0.425. The molecule has 0 aliphatic carbocycles. The number of ketones is 2. The van der Waals surface area contributed by atoms with Gasteiger partial charge in [-0.3, -0.25) is 9.59 Å². The minimum atomic E-state index is -0.576. The van der Waals surface area contributed by atoms with Crippen molar-refractivity contribution in [3.63, 3.8) is 0 Å². The summed E-state index contributed by atoms with van der Waals surface area (Å²) in [5.74, 6) is 0.0901. The Balaban J connectivity index is 1.78. The van der Waals surface area contributed by atoms with Crippen LogP contribution in [0.2, 0.25) is 0 Å². The van der Waals surface area contributed by atoms with Gasteiger partial charge in [-0.05, 0) is 36.4 Å². The second-order valence-corrected chi connectivity index (χ2v) is 5.89. The second kappa shape index (κ2) is 6.07.